The van der Waals surface area contributed by atoms with Gasteiger partial charge in [0.05, 0.1) is 11.8 Å². The van der Waals surface area contributed by atoms with E-state index in [2.05, 4.69) is 10.2 Å². The van der Waals surface area contributed by atoms with Crippen LogP contribution in [0.15, 0.2) is 28.7 Å². The molecule has 94 valence electrons. The Hall–Kier alpha value is -2.41. The van der Waals surface area contributed by atoms with Gasteiger partial charge in [0.1, 0.15) is 16.5 Å². The van der Waals surface area contributed by atoms with E-state index in [4.69, 9.17) is 10.2 Å². The van der Waals surface area contributed by atoms with Gasteiger partial charge in [-0.05, 0) is 30.4 Å². The van der Waals surface area contributed by atoms with Gasteiger partial charge in [0.25, 0.3) is 0 Å². The summed E-state index contributed by atoms with van der Waals surface area (Å²) < 4.78 is 4.93. The number of nitro groups is 1. The lowest BCUT2D eigenvalue weighted by molar-refractivity contribution is -0.402. The highest BCUT2D eigenvalue weighted by Gasteiger charge is 2.09. The van der Waals surface area contributed by atoms with Crippen molar-refractivity contribution in [3.8, 4) is 0 Å². The standard InChI is InChI=1S/C10H8N4O3.ClH/c11-9-5-2-7(12-13-9)1-3-8-4-6-10(17-8)14(15)16;/h1-6H,(H2,11,13);1H/b3-1+;. The van der Waals surface area contributed by atoms with Gasteiger partial charge in [-0.2, -0.15) is 0 Å². The van der Waals surface area contributed by atoms with Crippen LogP contribution in [0, 0.1) is 10.1 Å². The molecule has 0 spiro atoms. The molecule has 0 atom stereocenters. The van der Waals surface area contributed by atoms with Crippen LogP contribution in [0.1, 0.15) is 11.5 Å². The molecule has 0 amide bonds. The molecular formula is C10H9ClN4O3. The van der Waals surface area contributed by atoms with Crippen LogP contribution in [-0.4, -0.2) is 15.1 Å². The molecule has 7 nitrogen and oxygen atoms in total. The number of halogens is 1. The predicted octanol–water partition coefficient (Wildman–Crippen LogP) is 2.15. The summed E-state index contributed by atoms with van der Waals surface area (Å²) in [6.07, 6.45) is 3.18. The number of aromatic nitrogens is 2. The van der Waals surface area contributed by atoms with Crippen molar-refractivity contribution in [2.75, 3.05) is 5.73 Å². The first-order valence-corrected chi connectivity index (χ1v) is 4.66. The van der Waals surface area contributed by atoms with Gasteiger partial charge in [0, 0.05) is 0 Å². The van der Waals surface area contributed by atoms with E-state index in [1.54, 1.807) is 24.3 Å². The number of nitrogens with zero attached hydrogens (tertiary/aromatic N) is 3. The summed E-state index contributed by atoms with van der Waals surface area (Å²) >= 11 is 0. The van der Waals surface area contributed by atoms with Crippen molar-refractivity contribution in [1.82, 2.24) is 10.2 Å². The molecule has 8 heteroatoms. The minimum Gasteiger partial charge on any atom is -0.401 e. The number of anilines is 1. The summed E-state index contributed by atoms with van der Waals surface area (Å²) in [5.74, 6) is 0.402. The lowest BCUT2D eigenvalue weighted by Gasteiger charge is -1.91. The van der Waals surface area contributed by atoms with Gasteiger partial charge in [-0.25, -0.2) is 0 Å². The molecule has 2 rings (SSSR count). The molecular weight excluding hydrogens is 260 g/mol. The summed E-state index contributed by atoms with van der Waals surface area (Å²) in [5.41, 5.74) is 5.96. The Morgan fingerprint density at radius 1 is 1.22 bits per heavy atom. The van der Waals surface area contributed by atoms with Crippen LogP contribution in [0.2, 0.25) is 0 Å². The quantitative estimate of drug-likeness (QED) is 0.675. The number of hydrogen-bond acceptors (Lipinski definition) is 6. The van der Waals surface area contributed by atoms with E-state index in [1.807, 2.05) is 0 Å². The molecule has 0 saturated carbocycles. The number of nitrogen functional groups attached to an aromatic ring is 1. The molecule has 0 aromatic carbocycles. The Balaban J connectivity index is 0.00000162. The maximum Gasteiger partial charge on any atom is 0.433 e. The first-order valence-electron chi connectivity index (χ1n) is 4.66. The van der Waals surface area contributed by atoms with Crippen molar-refractivity contribution in [2.45, 2.75) is 0 Å². The van der Waals surface area contributed by atoms with E-state index in [9.17, 15) is 10.1 Å². The van der Waals surface area contributed by atoms with E-state index < -0.39 is 4.92 Å². The summed E-state index contributed by atoms with van der Waals surface area (Å²) in [6, 6.07) is 6.07. The molecule has 2 aromatic rings. The molecule has 0 radical (unpaired) electrons. The lowest BCUT2D eigenvalue weighted by atomic mass is 10.3. The van der Waals surface area contributed by atoms with Crippen LogP contribution in [-0.2, 0) is 0 Å². The summed E-state index contributed by atoms with van der Waals surface area (Å²) in [6.45, 7) is 0. The second-order valence-electron chi connectivity index (χ2n) is 3.15. The molecule has 0 aliphatic carbocycles. The minimum absolute atomic E-state index is 0. The first-order chi connectivity index (χ1) is 8.15. The molecule has 0 aliphatic heterocycles. The van der Waals surface area contributed by atoms with Crippen LogP contribution in [0.5, 0.6) is 0 Å². The molecule has 0 fully saturated rings. The molecule has 18 heavy (non-hydrogen) atoms. The highest BCUT2D eigenvalue weighted by molar-refractivity contribution is 5.85. The zero-order valence-electron chi connectivity index (χ0n) is 9.02. The fourth-order valence-corrected chi connectivity index (χ4v) is 1.14. The Morgan fingerprint density at radius 2 is 2.00 bits per heavy atom. The zero-order valence-corrected chi connectivity index (χ0v) is 9.83. The van der Waals surface area contributed by atoms with Gasteiger partial charge < -0.3 is 10.2 Å². The maximum absolute atomic E-state index is 10.4. The smallest absolute Gasteiger partial charge is 0.401 e. The summed E-state index contributed by atoms with van der Waals surface area (Å²) in [5, 5.41) is 17.8. The SMILES string of the molecule is Cl.Nc1ccc(/C=C/c2ccc([N+](=O)[O-])o2)nn1. The van der Waals surface area contributed by atoms with Gasteiger partial charge in [0.2, 0.25) is 0 Å². The van der Waals surface area contributed by atoms with E-state index in [1.165, 1.54) is 12.1 Å². The minimum atomic E-state index is -0.597. The third-order valence-corrected chi connectivity index (χ3v) is 1.92. The lowest BCUT2D eigenvalue weighted by Crippen LogP contribution is -1.92. The second-order valence-corrected chi connectivity index (χ2v) is 3.15. The van der Waals surface area contributed by atoms with Crippen molar-refractivity contribution in [3.05, 3.63) is 45.8 Å². The maximum atomic E-state index is 10.4. The van der Waals surface area contributed by atoms with Crippen molar-refractivity contribution < 1.29 is 9.34 Å². The average Bonchev–Trinajstić information content (AvgIpc) is 2.77. The highest BCUT2D eigenvalue weighted by atomic mass is 35.5. The Kier molecular flexibility index (Phi) is 4.39. The summed E-state index contributed by atoms with van der Waals surface area (Å²) in [4.78, 5) is 9.78. The van der Waals surface area contributed by atoms with Gasteiger partial charge in [-0.15, -0.1) is 22.6 Å². The van der Waals surface area contributed by atoms with Crippen molar-refractivity contribution >= 4 is 36.3 Å². The van der Waals surface area contributed by atoms with Crippen molar-refractivity contribution in [2.24, 2.45) is 0 Å². The van der Waals surface area contributed by atoms with E-state index >= 15 is 0 Å². The van der Waals surface area contributed by atoms with E-state index in [-0.39, 0.29) is 18.3 Å². The van der Waals surface area contributed by atoms with Crippen LogP contribution in [0.4, 0.5) is 11.7 Å². The first kappa shape index (κ1) is 13.7. The van der Waals surface area contributed by atoms with Crippen LogP contribution in [0.3, 0.4) is 0 Å². The largest absolute Gasteiger partial charge is 0.433 e. The van der Waals surface area contributed by atoms with Gasteiger partial charge >= 0.3 is 5.88 Å². The number of furan rings is 1. The molecule has 0 aliphatic rings. The van der Waals surface area contributed by atoms with Crippen molar-refractivity contribution in [1.29, 1.82) is 0 Å². The topological polar surface area (TPSA) is 108 Å². The van der Waals surface area contributed by atoms with Crippen molar-refractivity contribution in [3.63, 3.8) is 0 Å². The molecule has 2 N–H and O–H groups in total. The van der Waals surface area contributed by atoms with Crippen LogP contribution < -0.4 is 5.73 Å². The van der Waals surface area contributed by atoms with Gasteiger partial charge in [-0.3, -0.25) is 10.1 Å². The summed E-state index contributed by atoms with van der Waals surface area (Å²) in [7, 11) is 0. The van der Waals surface area contributed by atoms with Gasteiger partial charge in [-0.1, -0.05) is 0 Å². The zero-order chi connectivity index (χ0) is 12.3. The Labute approximate surface area is 108 Å². The molecule has 0 saturated heterocycles. The highest BCUT2D eigenvalue weighted by Crippen LogP contribution is 2.17. The fraction of sp³-hybridized carbons (Fsp3) is 0. The molecule has 2 heterocycles. The third-order valence-electron chi connectivity index (χ3n) is 1.92. The monoisotopic (exact) mass is 268 g/mol. The van der Waals surface area contributed by atoms with E-state index in [0.717, 1.165) is 0 Å². The number of nitrogens with two attached hydrogens (primary N) is 1. The fourth-order valence-electron chi connectivity index (χ4n) is 1.14. The number of hydrogen-bond donors (Lipinski definition) is 1. The number of rotatable bonds is 3. The van der Waals surface area contributed by atoms with Crippen LogP contribution in [0.25, 0.3) is 12.2 Å². The normalized spacial score (nSPS) is 10.2. The predicted molar refractivity (Wildman–Crippen MR) is 68.0 cm³/mol. The molecule has 2 aromatic heterocycles. The molecule has 0 unspecified atom stereocenters. The Bertz CT molecular complexity index is 565. The Morgan fingerprint density at radius 3 is 2.56 bits per heavy atom. The van der Waals surface area contributed by atoms with Crippen LogP contribution >= 0.6 is 12.4 Å². The van der Waals surface area contributed by atoms with E-state index in [0.29, 0.717) is 17.3 Å². The van der Waals surface area contributed by atoms with Gasteiger partial charge in [0.15, 0.2) is 0 Å². The third kappa shape index (κ3) is 3.29. The molecule has 0 bridgehead atoms. The average molecular weight is 269 g/mol. The second kappa shape index (κ2) is 5.78.